The van der Waals surface area contributed by atoms with Gasteiger partial charge < -0.3 is 9.84 Å². The average molecular weight is 292 g/mol. The van der Waals surface area contributed by atoms with Crippen molar-refractivity contribution in [3.8, 4) is 0 Å². The van der Waals surface area contributed by atoms with Crippen LogP contribution in [0.25, 0.3) is 0 Å². The predicted molar refractivity (Wildman–Crippen MR) is 68.5 cm³/mol. The van der Waals surface area contributed by atoms with Crippen molar-refractivity contribution in [2.75, 3.05) is 0 Å². The Morgan fingerprint density at radius 1 is 1.25 bits per heavy atom. The van der Waals surface area contributed by atoms with Crippen molar-refractivity contribution in [1.82, 2.24) is 0 Å². The van der Waals surface area contributed by atoms with Gasteiger partial charge in [-0.3, -0.25) is 4.79 Å². The lowest BCUT2D eigenvalue weighted by Crippen LogP contribution is -2.47. The molecule has 1 N–H and O–H groups in total. The Morgan fingerprint density at radius 3 is 2.25 bits per heavy atom. The molecule has 0 aromatic heterocycles. The van der Waals surface area contributed by atoms with Crippen LogP contribution in [0.4, 0.5) is 8.78 Å². The van der Waals surface area contributed by atoms with E-state index in [1.807, 2.05) is 0 Å². The maximum Gasteiger partial charge on any atom is 0.378 e. The van der Waals surface area contributed by atoms with Crippen LogP contribution in [-0.4, -0.2) is 29.1 Å². The number of aliphatic carboxylic acids is 1. The highest BCUT2D eigenvalue weighted by Crippen LogP contribution is 2.30. The fourth-order valence-corrected chi connectivity index (χ4v) is 2.57. The molecule has 0 radical (unpaired) electrons. The zero-order valence-electron chi connectivity index (χ0n) is 11.9. The summed E-state index contributed by atoms with van der Waals surface area (Å²) in [4.78, 5) is 22.3. The summed E-state index contributed by atoms with van der Waals surface area (Å²) in [6, 6.07) is 0. The van der Waals surface area contributed by atoms with Gasteiger partial charge >= 0.3 is 17.9 Å². The third-order valence-corrected chi connectivity index (χ3v) is 3.69. The number of halogens is 2. The molecule has 0 heterocycles. The molecule has 1 fully saturated rings. The van der Waals surface area contributed by atoms with E-state index in [-0.39, 0.29) is 12.3 Å². The zero-order chi connectivity index (χ0) is 15.3. The van der Waals surface area contributed by atoms with Crippen LogP contribution in [0.3, 0.4) is 0 Å². The minimum absolute atomic E-state index is 0.0961. The van der Waals surface area contributed by atoms with Crippen LogP contribution in [0.5, 0.6) is 0 Å². The van der Waals surface area contributed by atoms with Crippen LogP contribution in [0, 0.1) is 11.8 Å². The highest BCUT2D eigenvalue weighted by Gasteiger charge is 2.51. The van der Waals surface area contributed by atoms with Crippen LogP contribution < -0.4 is 0 Å². The number of carboxylic acid groups (broad SMARTS) is 1. The second kappa shape index (κ2) is 6.99. The van der Waals surface area contributed by atoms with Crippen LogP contribution in [-0.2, 0) is 14.3 Å². The van der Waals surface area contributed by atoms with Gasteiger partial charge in [-0.15, -0.1) is 0 Å². The first kappa shape index (κ1) is 16.9. The molecule has 0 bridgehead atoms. The molecule has 0 aromatic rings. The number of hydrogen-bond donors (Lipinski definition) is 1. The van der Waals surface area contributed by atoms with E-state index in [4.69, 9.17) is 9.84 Å². The van der Waals surface area contributed by atoms with Crippen molar-refractivity contribution in [2.45, 2.75) is 64.4 Å². The Bertz CT molecular complexity index is 349. The van der Waals surface area contributed by atoms with Crippen molar-refractivity contribution in [3.63, 3.8) is 0 Å². The number of carbonyl (C=O) groups is 2. The molecular formula is C14H22F2O4. The van der Waals surface area contributed by atoms with Crippen molar-refractivity contribution < 1.29 is 28.2 Å². The molecule has 20 heavy (non-hydrogen) atoms. The Balaban J connectivity index is 2.61. The summed E-state index contributed by atoms with van der Waals surface area (Å²) >= 11 is 0. The summed E-state index contributed by atoms with van der Waals surface area (Å²) < 4.78 is 31.8. The third-order valence-electron chi connectivity index (χ3n) is 3.69. The number of hydrogen-bond acceptors (Lipinski definition) is 3. The van der Waals surface area contributed by atoms with Crippen molar-refractivity contribution in [3.05, 3.63) is 0 Å². The summed E-state index contributed by atoms with van der Waals surface area (Å²) in [5.41, 5.74) is 0. The van der Waals surface area contributed by atoms with Gasteiger partial charge in [0.1, 0.15) is 0 Å². The van der Waals surface area contributed by atoms with Gasteiger partial charge in [-0.1, -0.05) is 33.1 Å². The van der Waals surface area contributed by atoms with E-state index in [1.54, 1.807) is 0 Å². The van der Waals surface area contributed by atoms with Gasteiger partial charge in [0, 0.05) is 6.42 Å². The van der Waals surface area contributed by atoms with Gasteiger partial charge in [0.05, 0.1) is 0 Å². The maximum absolute atomic E-state index is 13.5. The normalized spacial score (nSPS) is 18.9. The molecule has 116 valence electrons. The highest BCUT2D eigenvalue weighted by atomic mass is 19.3. The van der Waals surface area contributed by atoms with Gasteiger partial charge in [-0.2, -0.15) is 8.78 Å². The molecule has 1 atom stereocenters. The molecule has 0 aliphatic heterocycles. The van der Waals surface area contributed by atoms with E-state index in [0.717, 1.165) is 32.1 Å². The zero-order valence-corrected chi connectivity index (χ0v) is 11.9. The first-order valence-corrected chi connectivity index (χ1v) is 7.05. The van der Waals surface area contributed by atoms with Gasteiger partial charge in [0.25, 0.3) is 0 Å². The van der Waals surface area contributed by atoms with E-state index >= 15 is 0 Å². The number of esters is 1. The van der Waals surface area contributed by atoms with Crippen molar-refractivity contribution >= 4 is 11.9 Å². The maximum atomic E-state index is 13.5. The number of carbonyl (C=O) groups excluding carboxylic acids is 1. The second-order valence-electron chi connectivity index (χ2n) is 5.79. The molecule has 1 unspecified atom stereocenters. The van der Waals surface area contributed by atoms with E-state index in [9.17, 15) is 18.4 Å². The number of alkyl halides is 2. The minimum Gasteiger partial charge on any atom is -0.477 e. The molecule has 0 amide bonds. The molecule has 0 saturated heterocycles. The summed E-state index contributed by atoms with van der Waals surface area (Å²) in [7, 11) is 0. The van der Waals surface area contributed by atoms with E-state index < -0.39 is 29.9 Å². The van der Waals surface area contributed by atoms with Gasteiger partial charge in [-0.25, -0.2) is 4.79 Å². The molecule has 1 aliphatic carbocycles. The van der Waals surface area contributed by atoms with E-state index in [2.05, 4.69) is 0 Å². The topological polar surface area (TPSA) is 63.6 Å². The van der Waals surface area contributed by atoms with Gasteiger partial charge in [0.2, 0.25) is 0 Å². The Kier molecular flexibility index (Phi) is 5.89. The third kappa shape index (κ3) is 4.42. The second-order valence-corrected chi connectivity index (χ2v) is 5.79. The van der Waals surface area contributed by atoms with Crippen LogP contribution in [0.2, 0.25) is 0 Å². The molecule has 1 rings (SSSR count). The SMILES string of the molecule is CC(C)C(OC(=O)CC1CCCCC1)C(F)(F)C(=O)O. The first-order chi connectivity index (χ1) is 9.25. The standard InChI is InChI=1S/C14H22F2O4/c1-9(2)12(14(15,16)13(18)19)20-11(17)8-10-6-4-3-5-7-10/h9-10,12H,3-8H2,1-2H3,(H,18,19). The smallest absolute Gasteiger partial charge is 0.378 e. The van der Waals surface area contributed by atoms with E-state index in [1.165, 1.54) is 13.8 Å². The molecule has 0 spiro atoms. The van der Waals surface area contributed by atoms with Crippen LogP contribution in [0.1, 0.15) is 52.4 Å². The largest absolute Gasteiger partial charge is 0.477 e. The molecule has 6 heteroatoms. The average Bonchev–Trinajstić information content (AvgIpc) is 2.36. The number of carboxylic acids is 1. The molecule has 1 saturated carbocycles. The summed E-state index contributed by atoms with van der Waals surface area (Å²) in [6.07, 6.45) is 3.19. The Hall–Kier alpha value is -1.20. The minimum atomic E-state index is -4.06. The molecule has 0 aromatic carbocycles. The lowest BCUT2D eigenvalue weighted by Gasteiger charge is -2.28. The molecule has 1 aliphatic rings. The summed E-state index contributed by atoms with van der Waals surface area (Å²) in [6.45, 7) is 2.82. The van der Waals surface area contributed by atoms with Crippen LogP contribution >= 0.6 is 0 Å². The fourth-order valence-electron chi connectivity index (χ4n) is 2.57. The molecular weight excluding hydrogens is 270 g/mol. The lowest BCUT2D eigenvalue weighted by molar-refractivity contribution is -0.199. The lowest BCUT2D eigenvalue weighted by atomic mass is 9.87. The van der Waals surface area contributed by atoms with Crippen LogP contribution in [0.15, 0.2) is 0 Å². The van der Waals surface area contributed by atoms with Gasteiger partial charge in [-0.05, 0) is 24.7 Å². The predicted octanol–water partition coefficient (Wildman–Crippen LogP) is 3.24. The Labute approximate surface area is 117 Å². The van der Waals surface area contributed by atoms with Gasteiger partial charge in [0.15, 0.2) is 6.10 Å². The monoisotopic (exact) mass is 292 g/mol. The first-order valence-electron chi connectivity index (χ1n) is 7.05. The number of ether oxygens (including phenoxy) is 1. The van der Waals surface area contributed by atoms with Crippen molar-refractivity contribution in [1.29, 1.82) is 0 Å². The summed E-state index contributed by atoms with van der Waals surface area (Å²) in [5, 5.41) is 8.55. The number of rotatable bonds is 6. The molecule has 4 nitrogen and oxygen atoms in total. The van der Waals surface area contributed by atoms with E-state index in [0.29, 0.717) is 0 Å². The fraction of sp³-hybridized carbons (Fsp3) is 0.857. The van der Waals surface area contributed by atoms with Crippen molar-refractivity contribution in [2.24, 2.45) is 11.8 Å². The highest BCUT2D eigenvalue weighted by molar-refractivity contribution is 5.77. The Morgan fingerprint density at radius 2 is 1.80 bits per heavy atom. The quantitative estimate of drug-likeness (QED) is 0.763. The summed E-state index contributed by atoms with van der Waals surface area (Å²) in [5.74, 6) is -7.65.